The molecule has 3 rings (SSSR count). The minimum Gasteiger partial charge on any atom is -0.481 e. The quantitative estimate of drug-likeness (QED) is 0.570. The Morgan fingerprint density at radius 3 is 2.62 bits per heavy atom. The van der Waals surface area contributed by atoms with Crippen molar-refractivity contribution in [3.8, 4) is 11.1 Å². The summed E-state index contributed by atoms with van der Waals surface area (Å²) in [6, 6.07) is 1.23. The minimum absolute atomic E-state index is 0.121. The van der Waals surface area contributed by atoms with E-state index in [-0.39, 0.29) is 5.56 Å². The summed E-state index contributed by atoms with van der Waals surface area (Å²) in [5, 5.41) is 15.5. The average Bonchev–Trinajstić information content (AvgIpc) is 3.18. The molecule has 0 bridgehead atoms. The number of benzene rings is 1. The Balaban J connectivity index is 1.78. The SMILES string of the molecule is CC1=CC(=O)C(NC(=O)NC(CC(=O)O)c2cc(-c3ccc(F)cc3F)cs2)C(=O)N1C. The lowest BCUT2D eigenvalue weighted by molar-refractivity contribution is -0.138. The number of carboxylic acid groups (broad SMARTS) is 1. The number of thiophene rings is 1. The zero-order chi connectivity index (χ0) is 23.6. The standard InChI is InChI=1S/C21H19F2N3O5S/c1-10-5-16(27)19(20(30)26(10)2)25-21(31)24-15(8-18(28)29)17-6-11(9-32-17)13-4-3-12(22)7-14(13)23/h3-7,9,15,19H,8H2,1-2H3,(H,28,29)(H2,24,25,31). The Morgan fingerprint density at radius 2 is 1.97 bits per heavy atom. The van der Waals surface area contributed by atoms with Gasteiger partial charge in [-0.3, -0.25) is 14.4 Å². The number of hydrogen-bond donors (Lipinski definition) is 3. The van der Waals surface area contributed by atoms with Crippen molar-refractivity contribution in [2.75, 3.05) is 7.05 Å². The van der Waals surface area contributed by atoms with Crippen LogP contribution >= 0.6 is 11.3 Å². The van der Waals surface area contributed by atoms with Crippen LogP contribution in [0.1, 0.15) is 24.3 Å². The third-order valence-electron chi connectivity index (χ3n) is 4.91. The van der Waals surface area contributed by atoms with Crippen molar-refractivity contribution in [1.29, 1.82) is 0 Å². The highest BCUT2D eigenvalue weighted by molar-refractivity contribution is 7.10. The lowest BCUT2D eigenvalue weighted by Gasteiger charge is -2.28. The van der Waals surface area contributed by atoms with Gasteiger partial charge in [0.15, 0.2) is 11.8 Å². The van der Waals surface area contributed by atoms with Crippen molar-refractivity contribution >= 4 is 35.0 Å². The van der Waals surface area contributed by atoms with E-state index >= 15 is 0 Å². The van der Waals surface area contributed by atoms with Gasteiger partial charge in [-0.15, -0.1) is 11.3 Å². The number of allylic oxidation sites excluding steroid dienone is 1. The Labute approximate surface area is 185 Å². The first kappa shape index (κ1) is 23.1. The molecule has 3 amide bonds. The van der Waals surface area contributed by atoms with Crippen LogP contribution < -0.4 is 10.6 Å². The van der Waals surface area contributed by atoms with Crippen LogP contribution in [0, 0.1) is 11.6 Å². The van der Waals surface area contributed by atoms with Crippen LogP contribution in [0.4, 0.5) is 13.6 Å². The van der Waals surface area contributed by atoms with E-state index in [2.05, 4.69) is 10.6 Å². The Hall–Kier alpha value is -3.60. The van der Waals surface area contributed by atoms with E-state index < -0.39 is 53.8 Å². The summed E-state index contributed by atoms with van der Waals surface area (Å²) in [5.74, 6) is -3.94. The number of hydrogen-bond acceptors (Lipinski definition) is 5. The molecule has 1 aliphatic heterocycles. The Bertz CT molecular complexity index is 1130. The second kappa shape index (κ2) is 9.27. The number of amides is 3. The van der Waals surface area contributed by atoms with E-state index in [1.165, 1.54) is 30.2 Å². The maximum Gasteiger partial charge on any atom is 0.316 e. The van der Waals surface area contributed by atoms with Gasteiger partial charge in [-0.1, -0.05) is 0 Å². The zero-order valence-electron chi connectivity index (χ0n) is 17.0. The van der Waals surface area contributed by atoms with Gasteiger partial charge in [0.05, 0.1) is 12.5 Å². The fourth-order valence-corrected chi connectivity index (χ4v) is 4.10. The van der Waals surface area contributed by atoms with Crippen LogP contribution in [-0.2, 0) is 14.4 Å². The summed E-state index contributed by atoms with van der Waals surface area (Å²) in [5.41, 5.74) is 0.942. The summed E-state index contributed by atoms with van der Waals surface area (Å²) < 4.78 is 27.2. The molecule has 2 unspecified atom stereocenters. The predicted molar refractivity (Wildman–Crippen MR) is 112 cm³/mol. The van der Waals surface area contributed by atoms with E-state index in [1.807, 2.05) is 0 Å². The molecule has 0 radical (unpaired) electrons. The van der Waals surface area contributed by atoms with Gasteiger partial charge < -0.3 is 20.6 Å². The molecule has 0 saturated carbocycles. The molecule has 2 aromatic rings. The lowest BCUT2D eigenvalue weighted by Crippen LogP contribution is -2.56. The van der Waals surface area contributed by atoms with Gasteiger partial charge in [0.1, 0.15) is 11.6 Å². The van der Waals surface area contributed by atoms with Crippen molar-refractivity contribution in [2.45, 2.75) is 25.4 Å². The molecule has 0 spiro atoms. The number of ketones is 1. The highest BCUT2D eigenvalue weighted by atomic mass is 32.1. The lowest BCUT2D eigenvalue weighted by atomic mass is 10.1. The number of rotatable bonds is 6. The first-order valence-electron chi connectivity index (χ1n) is 9.39. The first-order chi connectivity index (χ1) is 15.1. The average molecular weight is 463 g/mol. The van der Waals surface area contributed by atoms with E-state index in [0.717, 1.165) is 23.5 Å². The Kier molecular flexibility index (Phi) is 6.68. The molecule has 1 aromatic carbocycles. The molecule has 11 heteroatoms. The third kappa shape index (κ3) is 4.99. The monoisotopic (exact) mass is 463 g/mol. The van der Waals surface area contributed by atoms with Crippen molar-refractivity contribution in [2.24, 2.45) is 0 Å². The largest absolute Gasteiger partial charge is 0.481 e. The van der Waals surface area contributed by atoms with Crippen LogP contribution in [0.25, 0.3) is 11.1 Å². The molecular weight excluding hydrogens is 444 g/mol. The van der Waals surface area contributed by atoms with E-state index in [0.29, 0.717) is 16.1 Å². The molecule has 1 aromatic heterocycles. The van der Waals surface area contributed by atoms with E-state index in [4.69, 9.17) is 0 Å². The third-order valence-corrected chi connectivity index (χ3v) is 5.95. The van der Waals surface area contributed by atoms with Gasteiger partial charge in [0.2, 0.25) is 0 Å². The zero-order valence-corrected chi connectivity index (χ0v) is 17.8. The van der Waals surface area contributed by atoms with E-state index in [1.54, 1.807) is 12.3 Å². The molecule has 0 aliphatic carbocycles. The van der Waals surface area contributed by atoms with Gasteiger partial charge in [0, 0.05) is 35.3 Å². The maximum atomic E-state index is 14.1. The van der Waals surface area contributed by atoms with Gasteiger partial charge in [-0.05, 0) is 36.1 Å². The number of carboxylic acids is 1. The molecular formula is C21H19F2N3O5S. The summed E-state index contributed by atoms with van der Waals surface area (Å²) >= 11 is 1.08. The minimum atomic E-state index is -1.43. The number of carbonyl (C=O) groups excluding carboxylic acids is 3. The fraction of sp³-hybridized carbons (Fsp3) is 0.238. The van der Waals surface area contributed by atoms with Gasteiger partial charge in [-0.2, -0.15) is 0 Å². The van der Waals surface area contributed by atoms with Crippen LogP contribution in [-0.4, -0.2) is 46.8 Å². The van der Waals surface area contributed by atoms with Crippen molar-refractivity contribution < 1.29 is 33.1 Å². The van der Waals surface area contributed by atoms with Gasteiger partial charge >= 0.3 is 12.0 Å². The van der Waals surface area contributed by atoms with E-state index in [9.17, 15) is 33.1 Å². The number of carbonyl (C=O) groups is 4. The smallest absolute Gasteiger partial charge is 0.316 e. The molecule has 2 atom stereocenters. The highest BCUT2D eigenvalue weighted by Crippen LogP contribution is 2.32. The normalized spacial score (nSPS) is 17.1. The van der Waals surface area contributed by atoms with Gasteiger partial charge in [-0.25, -0.2) is 13.6 Å². The highest BCUT2D eigenvalue weighted by Gasteiger charge is 2.34. The Morgan fingerprint density at radius 1 is 1.25 bits per heavy atom. The number of nitrogens with zero attached hydrogens (tertiary/aromatic N) is 1. The van der Waals surface area contributed by atoms with Gasteiger partial charge in [0.25, 0.3) is 5.91 Å². The molecule has 8 nitrogen and oxygen atoms in total. The van der Waals surface area contributed by atoms with Crippen LogP contribution in [0.2, 0.25) is 0 Å². The molecule has 0 fully saturated rings. The summed E-state index contributed by atoms with van der Waals surface area (Å²) in [6.45, 7) is 1.58. The topological polar surface area (TPSA) is 116 Å². The fourth-order valence-electron chi connectivity index (χ4n) is 3.14. The molecule has 2 heterocycles. The number of nitrogens with one attached hydrogen (secondary N) is 2. The molecule has 32 heavy (non-hydrogen) atoms. The first-order valence-corrected chi connectivity index (χ1v) is 10.3. The number of halogens is 2. The predicted octanol–water partition coefficient (Wildman–Crippen LogP) is 2.82. The number of urea groups is 1. The van der Waals surface area contributed by atoms with Crippen molar-refractivity contribution in [3.63, 3.8) is 0 Å². The molecule has 168 valence electrons. The van der Waals surface area contributed by atoms with Crippen LogP contribution in [0.15, 0.2) is 41.4 Å². The molecule has 3 N–H and O–H groups in total. The summed E-state index contributed by atoms with van der Waals surface area (Å²) in [7, 11) is 1.46. The maximum absolute atomic E-state index is 14.1. The van der Waals surface area contributed by atoms with Crippen molar-refractivity contribution in [1.82, 2.24) is 15.5 Å². The second-order valence-electron chi connectivity index (χ2n) is 7.15. The van der Waals surface area contributed by atoms with Crippen LogP contribution in [0.3, 0.4) is 0 Å². The summed E-state index contributed by atoms with van der Waals surface area (Å²) in [6.07, 6.45) is 0.731. The number of likely N-dealkylation sites (N-methyl/N-ethyl adjacent to an activating group) is 1. The molecule has 0 saturated heterocycles. The second-order valence-corrected chi connectivity index (χ2v) is 8.09. The van der Waals surface area contributed by atoms with Crippen LogP contribution in [0.5, 0.6) is 0 Å². The number of aliphatic carboxylic acids is 1. The molecule has 1 aliphatic rings. The summed E-state index contributed by atoms with van der Waals surface area (Å²) in [4.78, 5) is 49.8. The van der Waals surface area contributed by atoms with Crippen molar-refractivity contribution in [3.05, 3.63) is 57.9 Å².